The van der Waals surface area contributed by atoms with E-state index in [4.69, 9.17) is 4.74 Å². The van der Waals surface area contributed by atoms with Gasteiger partial charge in [-0.3, -0.25) is 9.59 Å². The number of carbonyl (C=O) groups excluding carboxylic acids is 2. The molecule has 0 fully saturated rings. The lowest BCUT2D eigenvalue weighted by Crippen LogP contribution is -2.48. The second kappa shape index (κ2) is 9.62. The Morgan fingerprint density at radius 3 is 2.39 bits per heavy atom. The van der Waals surface area contributed by atoms with Crippen LogP contribution in [-0.2, 0) is 16.1 Å². The summed E-state index contributed by atoms with van der Waals surface area (Å²) >= 11 is 0. The van der Waals surface area contributed by atoms with Gasteiger partial charge in [0.1, 0.15) is 6.54 Å². The van der Waals surface area contributed by atoms with Crippen molar-refractivity contribution in [1.82, 2.24) is 14.4 Å². The molecule has 3 aromatic rings. The number of methoxy groups -OCH3 is 1. The molecule has 6 nitrogen and oxygen atoms in total. The van der Waals surface area contributed by atoms with E-state index >= 15 is 0 Å². The highest BCUT2D eigenvalue weighted by Crippen LogP contribution is 2.32. The summed E-state index contributed by atoms with van der Waals surface area (Å²) < 4.78 is 7.38. The maximum Gasteiger partial charge on any atom is 0.254 e. The maximum atomic E-state index is 13.5. The van der Waals surface area contributed by atoms with Crippen LogP contribution in [-0.4, -0.2) is 59.5 Å². The molecule has 2 amide bonds. The van der Waals surface area contributed by atoms with Crippen LogP contribution in [0.3, 0.4) is 0 Å². The van der Waals surface area contributed by atoms with E-state index in [2.05, 4.69) is 16.8 Å². The van der Waals surface area contributed by atoms with Crippen LogP contribution in [0.15, 0.2) is 79.0 Å². The fraction of sp³-hybridized carbons (Fsp3) is 0.280. The van der Waals surface area contributed by atoms with Gasteiger partial charge < -0.3 is 19.1 Å². The van der Waals surface area contributed by atoms with Gasteiger partial charge in [-0.05, 0) is 29.8 Å². The molecule has 1 aromatic heterocycles. The molecule has 0 saturated carbocycles. The Morgan fingerprint density at radius 2 is 1.68 bits per heavy atom. The van der Waals surface area contributed by atoms with Gasteiger partial charge in [-0.1, -0.05) is 48.5 Å². The summed E-state index contributed by atoms with van der Waals surface area (Å²) in [4.78, 5) is 30.0. The van der Waals surface area contributed by atoms with Crippen molar-refractivity contribution >= 4 is 11.8 Å². The van der Waals surface area contributed by atoms with Crippen LogP contribution in [0.2, 0.25) is 0 Å². The first-order chi connectivity index (χ1) is 15.2. The second-order valence-corrected chi connectivity index (χ2v) is 7.61. The predicted molar refractivity (Wildman–Crippen MR) is 119 cm³/mol. The summed E-state index contributed by atoms with van der Waals surface area (Å²) in [6.45, 7) is 2.08. The molecule has 0 spiro atoms. The van der Waals surface area contributed by atoms with Gasteiger partial charge in [-0.25, -0.2) is 0 Å². The Morgan fingerprint density at radius 1 is 0.968 bits per heavy atom. The summed E-state index contributed by atoms with van der Waals surface area (Å²) in [7, 11) is 1.59. The van der Waals surface area contributed by atoms with Crippen molar-refractivity contribution in [1.29, 1.82) is 0 Å². The minimum absolute atomic E-state index is 0.0150. The van der Waals surface area contributed by atoms with Gasteiger partial charge in [0.15, 0.2) is 0 Å². The van der Waals surface area contributed by atoms with Crippen LogP contribution >= 0.6 is 0 Å². The number of benzene rings is 2. The Hall–Kier alpha value is -3.38. The molecule has 1 unspecified atom stereocenters. The standard InChI is InChI=1S/C25H27N3O3/c1-31-18-17-27(25(30)21-11-6-3-7-12-21)19-23(29)28-16-15-26-14-8-13-22(26)24(28)20-9-4-2-5-10-20/h2-14,24H,15-19H2,1H3. The molecule has 2 heterocycles. The maximum absolute atomic E-state index is 13.5. The van der Waals surface area contributed by atoms with Gasteiger partial charge in [0.05, 0.1) is 12.6 Å². The molecule has 0 aliphatic carbocycles. The van der Waals surface area contributed by atoms with Gasteiger partial charge in [-0.15, -0.1) is 0 Å². The van der Waals surface area contributed by atoms with Crippen molar-refractivity contribution in [3.8, 4) is 0 Å². The van der Waals surface area contributed by atoms with E-state index in [1.807, 2.05) is 59.5 Å². The van der Waals surface area contributed by atoms with Crippen molar-refractivity contribution < 1.29 is 14.3 Å². The van der Waals surface area contributed by atoms with Crippen molar-refractivity contribution in [3.63, 3.8) is 0 Å². The van der Waals surface area contributed by atoms with E-state index in [0.29, 0.717) is 25.3 Å². The van der Waals surface area contributed by atoms with Crippen LogP contribution in [0.5, 0.6) is 0 Å². The molecule has 0 N–H and O–H groups in total. The molecule has 31 heavy (non-hydrogen) atoms. The average molecular weight is 418 g/mol. The summed E-state index contributed by atoms with van der Waals surface area (Å²) in [5, 5.41) is 0. The molecule has 2 aromatic carbocycles. The zero-order valence-corrected chi connectivity index (χ0v) is 17.7. The van der Waals surface area contributed by atoms with Crippen molar-refractivity contribution in [2.75, 3.05) is 33.4 Å². The molecule has 0 radical (unpaired) electrons. The third kappa shape index (κ3) is 4.54. The molecule has 0 bridgehead atoms. The number of aromatic nitrogens is 1. The molecule has 0 saturated heterocycles. The highest BCUT2D eigenvalue weighted by atomic mass is 16.5. The zero-order chi connectivity index (χ0) is 21.6. The van der Waals surface area contributed by atoms with Gasteiger partial charge in [0, 0.05) is 44.2 Å². The van der Waals surface area contributed by atoms with Crippen LogP contribution in [0, 0.1) is 0 Å². The molecular formula is C25H27N3O3. The molecule has 160 valence electrons. The van der Waals surface area contributed by atoms with Crippen LogP contribution < -0.4 is 0 Å². The largest absolute Gasteiger partial charge is 0.383 e. The fourth-order valence-electron chi connectivity index (χ4n) is 4.11. The van der Waals surface area contributed by atoms with E-state index in [1.54, 1.807) is 24.1 Å². The van der Waals surface area contributed by atoms with Gasteiger partial charge in [-0.2, -0.15) is 0 Å². The van der Waals surface area contributed by atoms with Gasteiger partial charge in [0.25, 0.3) is 5.91 Å². The monoisotopic (exact) mass is 417 g/mol. The number of nitrogens with zero attached hydrogens (tertiary/aromatic N) is 3. The summed E-state index contributed by atoms with van der Waals surface area (Å²) in [5.74, 6) is -0.232. The van der Waals surface area contributed by atoms with E-state index in [-0.39, 0.29) is 24.4 Å². The van der Waals surface area contributed by atoms with E-state index in [0.717, 1.165) is 17.8 Å². The predicted octanol–water partition coefficient (Wildman–Crippen LogP) is 3.21. The molecule has 1 aliphatic rings. The summed E-state index contributed by atoms with van der Waals surface area (Å²) in [6, 6.07) is 23.0. The molecule has 1 atom stereocenters. The van der Waals surface area contributed by atoms with Crippen molar-refractivity contribution in [3.05, 3.63) is 95.8 Å². The first-order valence-electron chi connectivity index (χ1n) is 10.5. The highest BCUT2D eigenvalue weighted by molar-refractivity contribution is 5.96. The first-order valence-corrected chi connectivity index (χ1v) is 10.5. The van der Waals surface area contributed by atoms with Crippen LogP contribution in [0.1, 0.15) is 27.7 Å². The number of fused-ring (bicyclic) bond motifs is 1. The second-order valence-electron chi connectivity index (χ2n) is 7.61. The minimum Gasteiger partial charge on any atom is -0.383 e. The topological polar surface area (TPSA) is 54.8 Å². The molecule has 1 aliphatic heterocycles. The Balaban J connectivity index is 1.59. The quantitative estimate of drug-likeness (QED) is 0.593. The number of hydrogen-bond donors (Lipinski definition) is 0. The van der Waals surface area contributed by atoms with Crippen molar-refractivity contribution in [2.24, 2.45) is 0 Å². The Labute approximate surface area is 182 Å². The number of rotatable bonds is 7. The van der Waals surface area contributed by atoms with Crippen LogP contribution in [0.25, 0.3) is 0 Å². The van der Waals surface area contributed by atoms with Crippen LogP contribution in [0.4, 0.5) is 0 Å². The highest BCUT2D eigenvalue weighted by Gasteiger charge is 2.33. The van der Waals surface area contributed by atoms with E-state index in [9.17, 15) is 9.59 Å². The zero-order valence-electron chi connectivity index (χ0n) is 17.7. The molecule has 6 heteroatoms. The summed E-state index contributed by atoms with van der Waals surface area (Å²) in [5.41, 5.74) is 2.72. The van der Waals surface area contributed by atoms with E-state index in [1.165, 1.54) is 0 Å². The Kier molecular flexibility index (Phi) is 6.48. The minimum atomic E-state index is -0.173. The fourth-order valence-corrected chi connectivity index (χ4v) is 4.11. The molecule has 4 rings (SSSR count). The van der Waals surface area contributed by atoms with Gasteiger partial charge >= 0.3 is 0 Å². The Bertz CT molecular complexity index is 1020. The smallest absolute Gasteiger partial charge is 0.254 e. The lowest BCUT2D eigenvalue weighted by atomic mass is 10.00. The number of carbonyl (C=O) groups is 2. The number of hydrogen-bond acceptors (Lipinski definition) is 3. The number of amides is 2. The lowest BCUT2D eigenvalue weighted by molar-refractivity contribution is -0.134. The third-order valence-corrected chi connectivity index (χ3v) is 5.67. The normalized spacial score (nSPS) is 15.4. The molecular weight excluding hydrogens is 390 g/mol. The van der Waals surface area contributed by atoms with E-state index < -0.39 is 0 Å². The average Bonchev–Trinajstić information content (AvgIpc) is 3.30. The first kappa shape index (κ1) is 20.9. The third-order valence-electron chi connectivity index (χ3n) is 5.67. The SMILES string of the molecule is COCCN(CC(=O)N1CCn2cccc2C1c1ccccc1)C(=O)c1ccccc1. The van der Waals surface area contributed by atoms with Crippen molar-refractivity contribution in [2.45, 2.75) is 12.6 Å². The summed E-state index contributed by atoms with van der Waals surface area (Å²) in [6.07, 6.45) is 2.05. The van der Waals surface area contributed by atoms with Gasteiger partial charge in [0.2, 0.25) is 5.91 Å². The number of ether oxygens (including phenoxy) is 1. The lowest BCUT2D eigenvalue weighted by Gasteiger charge is -2.38.